The number of nitrogen functional groups attached to an aromatic ring is 1. The van der Waals surface area contributed by atoms with Gasteiger partial charge < -0.3 is 5.73 Å². The fourth-order valence-corrected chi connectivity index (χ4v) is 2.36. The van der Waals surface area contributed by atoms with Gasteiger partial charge in [-0.25, -0.2) is 4.98 Å². The summed E-state index contributed by atoms with van der Waals surface area (Å²) in [4.78, 5) is 4.21. The lowest BCUT2D eigenvalue weighted by Gasteiger charge is -2.05. The number of rotatable bonds is 2. The largest absolute Gasteiger partial charge is 0.446 e. The van der Waals surface area contributed by atoms with Gasteiger partial charge in [0, 0.05) is 15.8 Å². The standard InChI is InChI=1S/C10H7F3N2S2/c11-10(12,13)17-7-3-1-6(2-4-7)8-5-16-9(14)15-8/h1-5H,(H2,14,15). The van der Waals surface area contributed by atoms with Gasteiger partial charge in [0.2, 0.25) is 0 Å². The third-order valence-electron chi connectivity index (χ3n) is 1.91. The number of thioether (sulfide) groups is 1. The van der Waals surface area contributed by atoms with Crippen molar-refractivity contribution in [2.24, 2.45) is 0 Å². The molecule has 0 radical (unpaired) electrons. The molecule has 7 heteroatoms. The molecule has 0 spiro atoms. The van der Waals surface area contributed by atoms with Crippen LogP contribution in [0.2, 0.25) is 0 Å². The maximum atomic E-state index is 12.1. The second-order valence-corrected chi connectivity index (χ2v) is 5.17. The molecule has 1 aromatic heterocycles. The highest BCUT2D eigenvalue weighted by Gasteiger charge is 2.29. The van der Waals surface area contributed by atoms with Gasteiger partial charge in [-0.2, -0.15) is 13.2 Å². The Morgan fingerprint density at radius 2 is 1.82 bits per heavy atom. The van der Waals surface area contributed by atoms with Crippen molar-refractivity contribution in [2.45, 2.75) is 10.4 Å². The molecule has 2 rings (SSSR count). The third-order valence-corrected chi connectivity index (χ3v) is 3.32. The van der Waals surface area contributed by atoms with Gasteiger partial charge in [-0.3, -0.25) is 0 Å². The summed E-state index contributed by atoms with van der Waals surface area (Å²) in [6.07, 6.45) is 0. The van der Waals surface area contributed by atoms with E-state index in [-0.39, 0.29) is 16.7 Å². The van der Waals surface area contributed by atoms with Gasteiger partial charge in [-0.15, -0.1) is 11.3 Å². The fraction of sp³-hybridized carbons (Fsp3) is 0.100. The average Bonchev–Trinajstić information content (AvgIpc) is 2.63. The van der Waals surface area contributed by atoms with Crippen molar-refractivity contribution < 1.29 is 13.2 Å². The lowest BCUT2D eigenvalue weighted by atomic mass is 10.2. The van der Waals surface area contributed by atoms with Crippen LogP contribution in [0.25, 0.3) is 11.3 Å². The van der Waals surface area contributed by atoms with Crippen LogP contribution in [0.4, 0.5) is 18.3 Å². The maximum absolute atomic E-state index is 12.1. The van der Waals surface area contributed by atoms with Crippen molar-refractivity contribution in [1.29, 1.82) is 0 Å². The summed E-state index contributed by atoms with van der Waals surface area (Å²) in [5, 5.41) is 2.20. The molecule has 0 aliphatic rings. The second-order valence-electron chi connectivity index (χ2n) is 3.14. The van der Waals surface area contributed by atoms with Crippen molar-refractivity contribution in [3.63, 3.8) is 0 Å². The quantitative estimate of drug-likeness (QED) is 0.842. The smallest absolute Gasteiger partial charge is 0.375 e. The van der Waals surface area contributed by atoms with Crippen molar-refractivity contribution >= 4 is 28.2 Å². The number of hydrogen-bond donors (Lipinski definition) is 1. The fourth-order valence-electron chi connectivity index (χ4n) is 1.25. The number of hydrogen-bond acceptors (Lipinski definition) is 4. The molecule has 1 aromatic carbocycles. The van der Waals surface area contributed by atoms with E-state index in [1.807, 2.05) is 0 Å². The van der Waals surface area contributed by atoms with Gasteiger partial charge in [0.1, 0.15) is 0 Å². The number of benzene rings is 1. The van der Waals surface area contributed by atoms with Crippen LogP contribution in [0.3, 0.4) is 0 Å². The zero-order valence-corrected chi connectivity index (χ0v) is 9.99. The van der Waals surface area contributed by atoms with Crippen LogP contribution in [0.5, 0.6) is 0 Å². The van der Waals surface area contributed by atoms with E-state index in [9.17, 15) is 13.2 Å². The zero-order chi connectivity index (χ0) is 12.5. The third kappa shape index (κ3) is 3.37. The summed E-state index contributed by atoms with van der Waals surface area (Å²) in [5.41, 5.74) is 2.66. The van der Waals surface area contributed by atoms with Gasteiger partial charge in [0.05, 0.1) is 5.69 Å². The van der Waals surface area contributed by atoms with Crippen LogP contribution in [0.1, 0.15) is 0 Å². The molecular weight excluding hydrogens is 269 g/mol. The van der Waals surface area contributed by atoms with E-state index in [1.165, 1.54) is 23.5 Å². The molecular formula is C10H7F3N2S2. The Balaban J connectivity index is 2.19. The van der Waals surface area contributed by atoms with Crippen LogP contribution in [0.15, 0.2) is 34.5 Å². The van der Waals surface area contributed by atoms with Gasteiger partial charge in [-0.1, -0.05) is 12.1 Å². The number of aromatic nitrogens is 1. The molecule has 0 aliphatic heterocycles. The predicted octanol–water partition coefficient (Wildman–Crippen LogP) is 4.00. The SMILES string of the molecule is Nc1nc(-c2ccc(SC(F)(F)F)cc2)cs1. The van der Waals surface area contributed by atoms with Crippen LogP contribution >= 0.6 is 23.1 Å². The Morgan fingerprint density at radius 1 is 1.18 bits per heavy atom. The summed E-state index contributed by atoms with van der Waals surface area (Å²) in [6.45, 7) is 0. The number of nitrogens with two attached hydrogens (primary N) is 1. The summed E-state index contributed by atoms with van der Waals surface area (Å²) in [5.74, 6) is 0. The maximum Gasteiger partial charge on any atom is 0.446 e. The molecule has 1 heterocycles. The highest BCUT2D eigenvalue weighted by atomic mass is 32.2. The Hall–Kier alpha value is -1.21. The number of nitrogens with zero attached hydrogens (tertiary/aromatic N) is 1. The van der Waals surface area contributed by atoms with E-state index in [0.717, 1.165) is 5.56 Å². The summed E-state index contributed by atoms with van der Waals surface area (Å²) in [7, 11) is 0. The van der Waals surface area contributed by atoms with Crippen LogP contribution in [0, 0.1) is 0 Å². The van der Waals surface area contributed by atoms with Gasteiger partial charge in [0.15, 0.2) is 5.13 Å². The number of alkyl halides is 3. The lowest BCUT2D eigenvalue weighted by Crippen LogP contribution is -1.98. The van der Waals surface area contributed by atoms with Crippen LogP contribution < -0.4 is 5.73 Å². The van der Waals surface area contributed by atoms with E-state index in [1.54, 1.807) is 17.5 Å². The number of anilines is 1. The van der Waals surface area contributed by atoms with Crippen molar-refractivity contribution in [2.75, 3.05) is 5.73 Å². The molecule has 0 bridgehead atoms. The molecule has 2 nitrogen and oxygen atoms in total. The lowest BCUT2D eigenvalue weighted by molar-refractivity contribution is -0.0328. The topological polar surface area (TPSA) is 38.9 Å². The Morgan fingerprint density at radius 3 is 2.29 bits per heavy atom. The molecule has 0 amide bonds. The molecule has 17 heavy (non-hydrogen) atoms. The molecule has 2 N–H and O–H groups in total. The van der Waals surface area contributed by atoms with Crippen molar-refractivity contribution in [3.05, 3.63) is 29.6 Å². The summed E-state index contributed by atoms with van der Waals surface area (Å²) < 4.78 is 36.3. The molecule has 2 aromatic rings. The molecule has 0 saturated carbocycles. The monoisotopic (exact) mass is 276 g/mol. The summed E-state index contributed by atoms with van der Waals surface area (Å²) >= 11 is 1.16. The molecule has 0 unspecified atom stereocenters. The minimum atomic E-state index is -4.26. The van der Waals surface area contributed by atoms with Gasteiger partial charge >= 0.3 is 5.51 Å². The van der Waals surface area contributed by atoms with E-state index in [0.29, 0.717) is 10.8 Å². The first kappa shape index (κ1) is 12.3. The van der Waals surface area contributed by atoms with E-state index in [4.69, 9.17) is 5.73 Å². The molecule has 0 saturated heterocycles. The second kappa shape index (κ2) is 4.58. The Kier molecular flexibility index (Phi) is 3.30. The Labute approximate surface area is 104 Å². The number of thiazole rings is 1. The minimum Gasteiger partial charge on any atom is -0.375 e. The van der Waals surface area contributed by atoms with E-state index >= 15 is 0 Å². The van der Waals surface area contributed by atoms with E-state index in [2.05, 4.69) is 4.98 Å². The van der Waals surface area contributed by atoms with Crippen molar-refractivity contribution in [3.8, 4) is 11.3 Å². The predicted molar refractivity (Wildman–Crippen MR) is 63.9 cm³/mol. The highest BCUT2D eigenvalue weighted by molar-refractivity contribution is 8.00. The molecule has 90 valence electrons. The Bertz CT molecular complexity index is 505. The summed E-state index contributed by atoms with van der Waals surface area (Å²) in [6, 6.07) is 6.04. The highest BCUT2D eigenvalue weighted by Crippen LogP contribution is 2.37. The molecule has 0 atom stereocenters. The normalized spacial score (nSPS) is 11.7. The first-order chi connectivity index (χ1) is 7.94. The minimum absolute atomic E-state index is 0.133. The van der Waals surface area contributed by atoms with Gasteiger partial charge in [-0.05, 0) is 23.9 Å². The molecule has 0 aliphatic carbocycles. The molecule has 0 fully saturated rings. The van der Waals surface area contributed by atoms with Gasteiger partial charge in [0.25, 0.3) is 0 Å². The van der Waals surface area contributed by atoms with Crippen LogP contribution in [-0.4, -0.2) is 10.5 Å². The first-order valence-corrected chi connectivity index (χ1v) is 6.21. The number of halogens is 3. The first-order valence-electron chi connectivity index (χ1n) is 4.51. The van der Waals surface area contributed by atoms with Crippen LogP contribution in [-0.2, 0) is 0 Å². The zero-order valence-electron chi connectivity index (χ0n) is 8.36. The average molecular weight is 276 g/mol. The van der Waals surface area contributed by atoms with E-state index < -0.39 is 5.51 Å². The van der Waals surface area contributed by atoms with Crippen molar-refractivity contribution in [1.82, 2.24) is 4.98 Å².